The van der Waals surface area contributed by atoms with Crippen LogP contribution in [0.1, 0.15) is 17.3 Å². The van der Waals surface area contributed by atoms with Crippen LogP contribution in [0.5, 0.6) is 5.75 Å². The Morgan fingerprint density at radius 2 is 2.12 bits per heavy atom. The molecule has 0 saturated carbocycles. The molecule has 0 aliphatic heterocycles. The maximum absolute atomic E-state index is 11.2. The summed E-state index contributed by atoms with van der Waals surface area (Å²) in [4.78, 5) is 22.4. The third kappa shape index (κ3) is 4.14. The topological polar surface area (TPSA) is 64.6 Å². The van der Waals surface area contributed by atoms with Crippen molar-refractivity contribution in [2.45, 2.75) is 6.92 Å². The number of ether oxygens (including phenoxy) is 2. The Labute approximate surface area is 99.7 Å². The number of carbonyl (C=O) groups is 2. The van der Waals surface area contributed by atoms with E-state index < -0.39 is 5.97 Å². The Bertz CT molecular complexity index is 403. The molecule has 0 saturated heterocycles. The molecule has 0 aliphatic carbocycles. The molecule has 0 unspecified atom stereocenters. The lowest BCUT2D eigenvalue weighted by Crippen LogP contribution is -2.28. The molecule has 92 valence electrons. The monoisotopic (exact) mass is 237 g/mol. The van der Waals surface area contributed by atoms with E-state index in [0.717, 1.165) is 0 Å². The normalized spacial score (nSPS) is 9.53. The number of methoxy groups -OCH3 is 1. The molecule has 0 aliphatic rings. The molecule has 0 fully saturated rings. The molecule has 5 heteroatoms. The van der Waals surface area contributed by atoms with Gasteiger partial charge in [0.15, 0.2) is 6.61 Å². The van der Waals surface area contributed by atoms with E-state index in [-0.39, 0.29) is 12.5 Å². The van der Waals surface area contributed by atoms with Gasteiger partial charge in [0.1, 0.15) is 5.75 Å². The van der Waals surface area contributed by atoms with Gasteiger partial charge < -0.3 is 14.8 Å². The molecule has 1 aromatic rings. The van der Waals surface area contributed by atoms with Crippen molar-refractivity contribution >= 4 is 11.9 Å². The van der Waals surface area contributed by atoms with Gasteiger partial charge in [-0.1, -0.05) is 6.07 Å². The van der Waals surface area contributed by atoms with Crippen LogP contribution in [0.2, 0.25) is 0 Å². The number of amides is 1. The summed E-state index contributed by atoms with van der Waals surface area (Å²) in [5.41, 5.74) is 0.390. The van der Waals surface area contributed by atoms with Crippen LogP contribution < -0.4 is 10.1 Å². The zero-order valence-electron chi connectivity index (χ0n) is 9.86. The summed E-state index contributed by atoms with van der Waals surface area (Å²) in [5, 5.41) is 2.61. The van der Waals surface area contributed by atoms with Crippen LogP contribution in [-0.4, -0.2) is 32.1 Å². The molecule has 0 atom stereocenters. The van der Waals surface area contributed by atoms with Crippen molar-refractivity contribution in [3.05, 3.63) is 29.8 Å². The minimum atomic E-state index is -0.437. The maximum atomic E-state index is 11.2. The van der Waals surface area contributed by atoms with Crippen molar-refractivity contribution < 1.29 is 19.1 Å². The summed E-state index contributed by atoms with van der Waals surface area (Å²) < 4.78 is 9.82. The van der Waals surface area contributed by atoms with Crippen molar-refractivity contribution in [3.63, 3.8) is 0 Å². The van der Waals surface area contributed by atoms with Crippen LogP contribution in [0.25, 0.3) is 0 Å². The van der Waals surface area contributed by atoms with Gasteiger partial charge in [-0.2, -0.15) is 0 Å². The van der Waals surface area contributed by atoms with Gasteiger partial charge in [-0.05, 0) is 25.1 Å². The second-order valence-corrected chi connectivity index (χ2v) is 3.26. The first kappa shape index (κ1) is 13.0. The molecule has 1 rings (SSSR count). The Morgan fingerprint density at radius 3 is 2.76 bits per heavy atom. The highest BCUT2D eigenvalue weighted by molar-refractivity contribution is 5.89. The van der Waals surface area contributed by atoms with Crippen LogP contribution in [0, 0.1) is 0 Å². The summed E-state index contributed by atoms with van der Waals surface area (Å²) in [6.45, 7) is 2.32. The van der Waals surface area contributed by atoms with Crippen molar-refractivity contribution in [3.8, 4) is 5.75 Å². The van der Waals surface area contributed by atoms with Crippen LogP contribution in [0.3, 0.4) is 0 Å². The van der Waals surface area contributed by atoms with Gasteiger partial charge in [-0.3, -0.25) is 4.79 Å². The highest BCUT2D eigenvalue weighted by Gasteiger charge is 2.07. The highest BCUT2D eigenvalue weighted by atomic mass is 16.5. The van der Waals surface area contributed by atoms with Gasteiger partial charge >= 0.3 is 5.97 Å². The molecule has 0 aromatic heterocycles. The zero-order chi connectivity index (χ0) is 12.7. The number of hydrogen-bond acceptors (Lipinski definition) is 4. The Kier molecular flexibility index (Phi) is 5.00. The predicted molar refractivity (Wildman–Crippen MR) is 62.0 cm³/mol. The standard InChI is InChI=1S/C12H15NO4/c1-3-13-11(14)8-17-10-6-4-5-9(7-10)12(15)16-2/h4-7H,3,8H2,1-2H3,(H,13,14). The predicted octanol–water partition coefficient (Wildman–Crippen LogP) is 0.988. The number of carbonyl (C=O) groups excluding carboxylic acids is 2. The molecule has 17 heavy (non-hydrogen) atoms. The molecule has 0 bridgehead atoms. The van der Waals surface area contributed by atoms with Crippen LogP contribution in [-0.2, 0) is 9.53 Å². The van der Waals surface area contributed by atoms with Gasteiger partial charge in [0.2, 0.25) is 0 Å². The third-order valence-electron chi connectivity index (χ3n) is 2.00. The Balaban J connectivity index is 2.60. The Morgan fingerprint density at radius 1 is 1.35 bits per heavy atom. The molecular weight excluding hydrogens is 222 g/mol. The molecule has 1 aromatic carbocycles. The number of likely N-dealkylation sites (N-methyl/N-ethyl adjacent to an activating group) is 1. The molecular formula is C12H15NO4. The maximum Gasteiger partial charge on any atom is 0.337 e. The number of hydrogen-bond donors (Lipinski definition) is 1. The first-order valence-electron chi connectivity index (χ1n) is 5.25. The molecule has 0 heterocycles. The van der Waals surface area contributed by atoms with Gasteiger partial charge in [0.25, 0.3) is 5.91 Å². The van der Waals surface area contributed by atoms with E-state index in [4.69, 9.17) is 4.74 Å². The van der Waals surface area contributed by atoms with E-state index in [1.54, 1.807) is 18.2 Å². The van der Waals surface area contributed by atoms with Crippen molar-refractivity contribution in [2.75, 3.05) is 20.3 Å². The average molecular weight is 237 g/mol. The smallest absolute Gasteiger partial charge is 0.337 e. The van der Waals surface area contributed by atoms with E-state index in [0.29, 0.717) is 17.9 Å². The van der Waals surface area contributed by atoms with E-state index >= 15 is 0 Å². The summed E-state index contributed by atoms with van der Waals surface area (Å²) in [7, 11) is 1.31. The van der Waals surface area contributed by atoms with Crippen LogP contribution in [0.4, 0.5) is 0 Å². The number of esters is 1. The lowest BCUT2D eigenvalue weighted by atomic mass is 10.2. The van der Waals surface area contributed by atoms with Crippen LogP contribution in [0.15, 0.2) is 24.3 Å². The summed E-state index contributed by atoms with van der Waals surface area (Å²) in [5.74, 6) is -0.177. The van der Waals surface area contributed by atoms with Crippen molar-refractivity contribution in [1.29, 1.82) is 0 Å². The molecule has 1 amide bonds. The van der Waals surface area contributed by atoms with Gasteiger partial charge in [-0.15, -0.1) is 0 Å². The van der Waals surface area contributed by atoms with E-state index in [1.165, 1.54) is 13.2 Å². The third-order valence-corrected chi connectivity index (χ3v) is 2.00. The number of nitrogens with one attached hydrogen (secondary N) is 1. The van der Waals surface area contributed by atoms with Gasteiger partial charge in [0, 0.05) is 6.54 Å². The average Bonchev–Trinajstić information content (AvgIpc) is 2.36. The fraction of sp³-hybridized carbons (Fsp3) is 0.333. The van der Waals surface area contributed by atoms with E-state index in [1.807, 2.05) is 6.92 Å². The van der Waals surface area contributed by atoms with Crippen molar-refractivity contribution in [1.82, 2.24) is 5.32 Å². The zero-order valence-corrected chi connectivity index (χ0v) is 9.86. The molecule has 5 nitrogen and oxygen atoms in total. The summed E-state index contributed by atoms with van der Waals surface area (Å²) in [6, 6.07) is 6.49. The highest BCUT2D eigenvalue weighted by Crippen LogP contribution is 2.13. The van der Waals surface area contributed by atoms with E-state index in [2.05, 4.69) is 10.1 Å². The summed E-state index contributed by atoms with van der Waals surface area (Å²) >= 11 is 0. The van der Waals surface area contributed by atoms with E-state index in [9.17, 15) is 9.59 Å². The fourth-order valence-corrected chi connectivity index (χ4v) is 1.23. The minimum Gasteiger partial charge on any atom is -0.484 e. The van der Waals surface area contributed by atoms with Crippen LogP contribution >= 0.6 is 0 Å². The quantitative estimate of drug-likeness (QED) is 0.775. The van der Waals surface area contributed by atoms with Gasteiger partial charge in [-0.25, -0.2) is 4.79 Å². The SMILES string of the molecule is CCNC(=O)COc1cccc(C(=O)OC)c1. The largest absolute Gasteiger partial charge is 0.484 e. The first-order valence-corrected chi connectivity index (χ1v) is 5.25. The second kappa shape index (κ2) is 6.52. The lowest BCUT2D eigenvalue weighted by molar-refractivity contribution is -0.122. The molecule has 0 spiro atoms. The molecule has 1 N–H and O–H groups in total. The number of benzene rings is 1. The Hall–Kier alpha value is -2.04. The molecule has 0 radical (unpaired) electrons. The summed E-state index contributed by atoms with van der Waals surface area (Å²) in [6.07, 6.45) is 0. The van der Waals surface area contributed by atoms with Gasteiger partial charge in [0.05, 0.1) is 12.7 Å². The minimum absolute atomic E-state index is 0.0710. The lowest BCUT2D eigenvalue weighted by Gasteiger charge is -2.07. The number of rotatable bonds is 5. The van der Waals surface area contributed by atoms with Crippen molar-refractivity contribution in [2.24, 2.45) is 0 Å². The second-order valence-electron chi connectivity index (χ2n) is 3.26. The fourth-order valence-electron chi connectivity index (χ4n) is 1.23. The first-order chi connectivity index (χ1) is 8.17.